The normalized spacial score (nSPS) is 27.8. The summed E-state index contributed by atoms with van der Waals surface area (Å²) in [5.41, 5.74) is 0.0286. The molecule has 4 aliphatic rings. The number of alkyl halides is 1. The molecule has 3 aliphatic heterocycles. The van der Waals surface area contributed by atoms with Gasteiger partial charge in [-0.1, -0.05) is 30.3 Å². The average molecular weight is 546 g/mol. The lowest BCUT2D eigenvalue weighted by atomic mass is 9.95. The fourth-order valence-electron chi connectivity index (χ4n) is 7.03. The van der Waals surface area contributed by atoms with E-state index >= 15 is 4.39 Å². The van der Waals surface area contributed by atoms with Crippen LogP contribution in [0.15, 0.2) is 42.6 Å². The van der Waals surface area contributed by atoms with E-state index in [1.54, 1.807) is 18.3 Å². The van der Waals surface area contributed by atoms with E-state index in [-0.39, 0.29) is 47.3 Å². The third-order valence-electron chi connectivity index (χ3n) is 9.05. The maximum Gasteiger partial charge on any atom is 0.319 e. The number of fused-ring (bicyclic) bond motifs is 4. The van der Waals surface area contributed by atoms with Gasteiger partial charge in [0.25, 0.3) is 0 Å². The van der Waals surface area contributed by atoms with Crippen molar-refractivity contribution in [3.8, 4) is 23.0 Å². The van der Waals surface area contributed by atoms with Crippen molar-refractivity contribution in [1.82, 2.24) is 19.9 Å². The van der Waals surface area contributed by atoms with Crippen molar-refractivity contribution < 1.29 is 23.4 Å². The van der Waals surface area contributed by atoms with Gasteiger partial charge in [-0.3, -0.25) is 9.88 Å². The molecule has 4 atom stereocenters. The summed E-state index contributed by atoms with van der Waals surface area (Å²) in [6.45, 7) is 2.68. The van der Waals surface area contributed by atoms with Gasteiger partial charge in [0.1, 0.15) is 35.6 Å². The van der Waals surface area contributed by atoms with E-state index in [2.05, 4.69) is 19.8 Å². The van der Waals surface area contributed by atoms with Gasteiger partial charge in [0, 0.05) is 25.7 Å². The zero-order valence-electron chi connectivity index (χ0n) is 21.9. The maximum absolute atomic E-state index is 16.5. The molecule has 8 nitrogen and oxygen atoms in total. The molecule has 40 heavy (non-hydrogen) atoms. The molecule has 206 valence electrons. The number of hydrogen-bond donors (Lipinski definition) is 1. The zero-order chi connectivity index (χ0) is 27.0. The number of aromatic hydroxyl groups is 1. The lowest BCUT2D eigenvalue weighted by molar-refractivity contribution is 0.102. The van der Waals surface area contributed by atoms with Crippen molar-refractivity contribution in [3.05, 3.63) is 48.4 Å². The van der Waals surface area contributed by atoms with E-state index < -0.39 is 12.0 Å². The zero-order valence-corrected chi connectivity index (χ0v) is 21.9. The Morgan fingerprint density at radius 2 is 2.02 bits per heavy atom. The Hall–Kier alpha value is -3.63. The summed E-state index contributed by atoms with van der Waals surface area (Å²) in [4.78, 5) is 18.1. The third-order valence-corrected chi connectivity index (χ3v) is 9.05. The van der Waals surface area contributed by atoms with Crippen LogP contribution in [0, 0.1) is 5.82 Å². The number of hydrogen-bond acceptors (Lipinski definition) is 8. The SMILES string of the molecule is Oc1ccc2ccccc2c1-c1ncc2c(N3CCOC4CC43)nc(OC[C@@]34CCCN3C[C@H](F)C4)nc2c1F. The van der Waals surface area contributed by atoms with Crippen LogP contribution in [-0.2, 0) is 4.74 Å². The van der Waals surface area contributed by atoms with Gasteiger partial charge in [0.15, 0.2) is 5.82 Å². The Morgan fingerprint density at radius 1 is 1.12 bits per heavy atom. The van der Waals surface area contributed by atoms with Crippen LogP contribution in [0.25, 0.3) is 32.9 Å². The largest absolute Gasteiger partial charge is 0.507 e. The molecule has 0 bridgehead atoms. The number of morpholine rings is 1. The van der Waals surface area contributed by atoms with E-state index in [4.69, 9.17) is 14.5 Å². The monoisotopic (exact) mass is 545 g/mol. The molecule has 0 radical (unpaired) electrons. The van der Waals surface area contributed by atoms with Gasteiger partial charge >= 0.3 is 6.01 Å². The molecule has 2 aromatic carbocycles. The summed E-state index contributed by atoms with van der Waals surface area (Å²) in [5, 5.41) is 12.8. The molecular formula is C30H29F2N5O3. The van der Waals surface area contributed by atoms with Crippen LogP contribution in [0.2, 0.25) is 0 Å². The first-order valence-electron chi connectivity index (χ1n) is 14.0. The number of ether oxygens (including phenoxy) is 2. The van der Waals surface area contributed by atoms with Crippen molar-refractivity contribution >= 4 is 27.5 Å². The van der Waals surface area contributed by atoms with E-state index in [0.717, 1.165) is 31.2 Å². The minimum absolute atomic E-state index is 0.0142. The first-order valence-corrected chi connectivity index (χ1v) is 14.0. The standard InChI is InChI=1S/C30H29F2N5O3/c31-18-13-30(8-3-9-36(30)15-18)16-40-29-34-26-20(28(35-29)37-10-11-39-23-12-21(23)37)14-33-27(25(26)32)24-19-5-2-1-4-17(19)6-7-22(24)38/h1-2,4-7,14,18,21,23,38H,3,8-13,15-16H2/t18-,21?,23?,30+/m1/s1. The van der Waals surface area contributed by atoms with E-state index in [1.807, 2.05) is 24.3 Å². The lowest BCUT2D eigenvalue weighted by Crippen LogP contribution is -2.43. The molecule has 4 fully saturated rings. The second kappa shape index (κ2) is 8.94. The number of benzene rings is 2. The van der Waals surface area contributed by atoms with Gasteiger partial charge in [-0.25, -0.2) is 8.78 Å². The molecule has 1 aliphatic carbocycles. The minimum Gasteiger partial charge on any atom is -0.507 e. The summed E-state index contributed by atoms with van der Waals surface area (Å²) in [6.07, 6.45) is 4.00. The highest BCUT2D eigenvalue weighted by atomic mass is 19.1. The first kappa shape index (κ1) is 24.2. The van der Waals surface area contributed by atoms with Gasteiger partial charge in [-0.05, 0) is 42.6 Å². The summed E-state index contributed by atoms with van der Waals surface area (Å²) in [6, 6.07) is 11.1. The van der Waals surface area contributed by atoms with Gasteiger partial charge in [-0.2, -0.15) is 9.97 Å². The number of aromatic nitrogens is 3. The van der Waals surface area contributed by atoms with E-state index in [0.29, 0.717) is 48.3 Å². The second-order valence-corrected chi connectivity index (χ2v) is 11.5. The van der Waals surface area contributed by atoms with Crippen LogP contribution in [-0.4, -0.2) is 81.7 Å². The molecule has 4 aromatic rings. The maximum atomic E-state index is 16.5. The predicted octanol–water partition coefficient (Wildman–Crippen LogP) is 4.62. The molecule has 1 N–H and O–H groups in total. The molecule has 5 heterocycles. The lowest BCUT2D eigenvalue weighted by Gasteiger charge is -2.31. The average Bonchev–Trinajstić information content (AvgIpc) is 3.57. The van der Waals surface area contributed by atoms with Gasteiger partial charge in [0.2, 0.25) is 0 Å². The number of phenolic OH excluding ortho intramolecular Hbond substituents is 1. The number of pyridine rings is 1. The number of rotatable bonds is 5. The molecular weight excluding hydrogens is 516 g/mol. The van der Waals surface area contributed by atoms with E-state index in [1.165, 1.54) is 0 Å². The van der Waals surface area contributed by atoms with Crippen LogP contribution in [0.5, 0.6) is 11.8 Å². The van der Waals surface area contributed by atoms with Crippen molar-refractivity contribution in [2.24, 2.45) is 0 Å². The fraction of sp³-hybridized carbons (Fsp3) is 0.433. The highest BCUT2D eigenvalue weighted by molar-refractivity contribution is 6.01. The van der Waals surface area contributed by atoms with E-state index in [9.17, 15) is 9.50 Å². The molecule has 8 rings (SSSR count). The predicted molar refractivity (Wildman–Crippen MR) is 146 cm³/mol. The molecule has 0 spiro atoms. The van der Waals surface area contributed by atoms with Crippen molar-refractivity contribution in [1.29, 1.82) is 0 Å². The third kappa shape index (κ3) is 3.72. The molecule has 3 saturated heterocycles. The topological polar surface area (TPSA) is 83.8 Å². The Bertz CT molecular complexity index is 1650. The van der Waals surface area contributed by atoms with Crippen molar-refractivity contribution in [2.75, 3.05) is 37.7 Å². The number of nitrogens with zero attached hydrogens (tertiary/aromatic N) is 5. The molecule has 2 aromatic heterocycles. The first-order chi connectivity index (χ1) is 19.5. The van der Waals surface area contributed by atoms with Gasteiger partial charge in [0.05, 0.1) is 35.2 Å². The summed E-state index contributed by atoms with van der Waals surface area (Å²) < 4.78 is 42.8. The van der Waals surface area contributed by atoms with Crippen LogP contribution < -0.4 is 9.64 Å². The number of phenols is 1. The highest BCUT2D eigenvalue weighted by Crippen LogP contribution is 2.44. The molecule has 10 heteroatoms. The smallest absolute Gasteiger partial charge is 0.319 e. The number of halogens is 2. The Labute approximate surface area is 229 Å². The van der Waals surface area contributed by atoms with Gasteiger partial charge < -0.3 is 19.5 Å². The van der Waals surface area contributed by atoms with Crippen LogP contribution >= 0.6 is 0 Å². The van der Waals surface area contributed by atoms with Crippen LogP contribution in [0.4, 0.5) is 14.6 Å². The fourth-order valence-corrected chi connectivity index (χ4v) is 7.03. The molecule has 1 saturated carbocycles. The molecule has 2 unspecified atom stereocenters. The van der Waals surface area contributed by atoms with Crippen LogP contribution in [0.1, 0.15) is 25.7 Å². The summed E-state index contributed by atoms with van der Waals surface area (Å²) >= 11 is 0. The Morgan fingerprint density at radius 3 is 2.95 bits per heavy atom. The Balaban J connectivity index is 1.26. The van der Waals surface area contributed by atoms with Crippen molar-refractivity contribution in [2.45, 2.75) is 49.5 Å². The summed E-state index contributed by atoms with van der Waals surface area (Å²) in [5.74, 6) is -0.151. The van der Waals surface area contributed by atoms with Crippen molar-refractivity contribution in [3.63, 3.8) is 0 Å². The Kier molecular flexibility index (Phi) is 5.41. The minimum atomic E-state index is -0.878. The summed E-state index contributed by atoms with van der Waals surface area (Å²) in [7, 11) is 0. The van der Waals surface area contributed by atoms with Gasteiger partial charge in [-0.15, -0.1) is 0 Å². The quantitative estimate of drug-likeness (QED) is 0.389. The number of anilines is 1. The molecule has 0 amide bonds. The highest BCUT2D eigenvalue weighted by Gasteiger charge is 2.50. The van der Waals surface area contributed by atoms with Crippen LogP contribution in [0.3, 0.4) is 0 Å². The second-order valence-electron chi connectivity index (χ2n) is 11.5.